The SMILES string of the molecule is CC(C)(C)OC(=O)NCCNC(=O)NCCOCCO. The van der Waals surface area contributed by atoms with E-state index in [9.17, 15) is 9.59 Å². The minimum atomic E-state index is -0.538. The molecule has 0 aromatic rings. The second-order valence-corrected chi connectivity index (χ2v) is 4.95. The zero-order valence-electron chi connectivity index (χ0n) is 12.3. The first-order valence-corrected chi connectivity index (χ1v) is 6.52. The normalized spacial score (nSPS) is 10.8. The largest absolute Gasteiger partial charge is 0.444 e. The molecule has 8 nitrogen and oxygen atoms in total. The van der Waals surface area contributed by atoms with Crippen LogP contribution in [0, 0.1) is 0 Å². The highest BCUT2D eigenvalue weighted by molar-refractivity contribution is 5.73. The molecule has 8 heteroatoms. The van der Waals surface area contributed by atoms with Crippen molar-refractivity contribution in [2.24, 2.45) is 0 Å². The fourth-order valence-corrected chi connectivity index (χ4v) is 1.12. The van der Waals surface area contributed by atoms with E-state index in [-0.39, 0.29) is 25.8 Å². The van der Waals surface area contributed by atoms with Crippen molar-refractivity contribution < 1.29 is 24.2 Å². The summed E-state index contributed by atoms with van der Waals surface area (Å²) in [5.74, 6) is 0. The van der Waals surface area contributed by atoms with E-state index in [1.807, 2.05) is 0 Å². The summed E-state index contributed by atoms with van der Waals surface area (Å²) in [6.07, 6.45) is -0.517. The molecule has 0 saturated heterocycles. The van der Waals surface area contributed by atoms with Gasteiger partial charge in [-0.25, -0.2) is 9.59 Å². The highest BCUT2D eigenvalue weighted by atomic mass is 16.6. The monoisotopic (exact) mass is 291 g/mol. The molecule has 20 heavy (non-hydrogen) atoms. The van der Waals surface area contributed by atoms with Gasteiger partial charge >= 0.3 is 12.1 Å². The number of ether oxygens (including phenoxy) is 2. The number of amides is 3. The van der Waals surface area contributed by atoms with Gasteiger partial charge in [-0.3, -0.25) is 0 Å². The summed E-state index contributed by atoms with van der Waals surface area (Å²) in [6.45, 7) is 6.80. The molecule has 0 rings (SSSR count). The van der Waals surface area contributed by atoms with E-state index >= 15 is 0 Å². The third-order valence-electron chi connectivity index (χ3n) is 1.85. The molecule has 0 spiro atoms. The lowest BCUT2D eigenvalue weighted by Gasteiger charge is -2.19. The maximum atomic E-state index is 11.3. The van der Waals surface area contributed by atoms with Gasteiger partial charge < -0.3 is 30.5 Å². The van der Waals surface area contributed by atoms with Crippen LogP contribution in [0.1, 0.15) is 20.8 Å². The smallest absolute Gasteiger partial charge is 0.407 e. The molecule has 0 unspecified atom stereocenters. The second kappa shape index (κ2) is 10.3. The van der Waals surface area contributed by atoms with Crippen molar-refractivity contribution in [3.8, 4) is 0 Å². The van der Waals surface area contributed by atoms with Crippen LogP contribution in [0.15, 0.2) is 0 Å². The Hall–Kier alpha value is -1.54. The van der Waals surface area contributed by atoms with Gasteiger partial charge in [0.1, 0.15) is 5.60 Å². The topological polar surface area (TPSA) is 109 Å². The van der Waals surface area contributed by atoms with Crippen LogP contribution in [0.3, 0.4) is 0 Å². The van der Waals surface area contributed by atoms with E-state index in [2.05, 4.69) is 16.0 Å². The lowest BCUT2D eigenvalue weighted by atomic mass is 10.2. The number of carbonyl (C=O) groups is 2. The molecule has 0 fully saturated rings. The molecule has 4 N–H and O–H groups in total. The Balaban J connectivity index is 3.46. The first-order valence-electron chi connectivity index (χ1n) is 6.52. The summed E-state index contributed by atoms with van der Waals surface area (Å²) in [6, 6.07) is -0.344. The number of urea groups is 1. The van der Waals surface area contributed by atoms with Crippen molar-refractivity contribution in [3.63, 3.8) is 0 Å². The van der Waals surface area contributed by atoms with Gasteiger partial charge in [-0.2, -0.15) is 0 Å². The molecule has 0 aromatic carbocycles. The number of nitrogens with one attached hydrogen (secondary N) is 3. The van der Waals surface area contributed by atoms with Gasteiger partial charge in [0.2, 0.25) is 0 Å². The molecule has 3 amide bonds. The second-order valence-electron chi connectivity index (χ2n) is 4.95. The van der Waals surface area contributed by atoms with Crippen LogP contribution in [0.5, 0.6) is 0 Å². The number of aliphatic hydroxyl groups excluding tert-OH is 1. The number of hydrogen-bond acceptors (Lipinski definition) is 5. The molecule has 118 valence electrons. The van der Waals surface area contributed by atoms with E-state index in [4.69, 9.17) is 14.6 Å². The molecule has 0 atom stereocenters. The van der Waals surface area contributed by atoms with Crippen molar-refractivity contribution in [2.45, 2.75) is 26.4 Å². The quantitative estimate of drug-likeness (QED) is 0.464. The van der Waals surface area contributed by atoms with Crippen molar-refractivity contribution in [2.75, 3.05) is 39.5 Å². The molecule has 0 aromatic heterocycles. The van der Waals surface area contributed by atoms with E-state index in [0.29, 0.717) is 19.7 Å². The van der Waals surface area contributed by atoms with Crippen molar-refractivity contribution >= 4 is 12.1 Å². The molecule has 0 bridgehead atoms. The van der Waals surface area contributed by atoms with Gasteiger partial charge in [-0.05, 0) is 20.8 Å². The fourth-order valence-electron chi connectivity index (χ4n) is 1.12. The Bertz CT molecular complexity index is 291. The average Bonchev–Trinajstić information content (AvgIpc) is 2.32. The van der Waals surface area contributed by atoms with Gasteiger partial charge in [0, 0.05) is 19.6 Å². The van der Waals surface area contributed by atoms with Crippen molar-refractivity contribution in [1.82, 2.24) is 16.0 Å². The maximum absolute atomic E-state index is 11.3. The molecule has 0 heterocycles. The average molecular weight is 291 g/mol. The van der Waals surface area contributed by atoms with Gasteiger partial charge in [-0.1, -0.05) is 0 Å². The maximum Gasteiger partial charge on any atom is 0.407 e. The molecule has 0 saturated carbocycles. The zero-order chi connectivity index (χ0) is 15.4. The minimum absolute atomic E-state index is 0.0392. The standard InChI is InChI=1S/C12H25N3O5/c1-12(2,3)20-11(18)15-5-4-13-10(17)14-6-8-19-9-7-16/h16H,4-9H2,1-3H3,(H,15,18)(H2,13,14,17). The van der Waals surface area contributed by atoms with E-state index < -0.39 is 11.7 Å². The van der Waals surface area contributed by atoms with Crippen LogP contribution in [0.25, 0.3) is 0 Å². The number of carbonyl (C=O) groups excluding carboxylic acids is 2. The Morgan fingerprint density at radius 3 is 2.20 bits per heavy atom. The van der Waals surface area contributed by atoms with E-state index in [1.54, 1.807) is 20.8 Å². The van der Waals surface area contributed by atoms with Crippen LogP contribution in [-0.2, 0) is 9.47 Å². The van der Waals surface area contributed by atoms with E-state index in [1.165, 1.54) is 0 Å². The third-order valence-corrected chi connectivity index (χ3v) is 1.85. The van der Waals surface area contributed by atoms with Crippen LogP contribution in [0.2, 0.25) is 0 Å². The number of rotatable bonds is 8. The third kappa shape index (κ3) is 12.9. The summed E-state index contributed by atoms with van der Waals surface area (Å²) in [5, 5.41) is 16.1. The molecule has 0 aliphatic rings. The van der Waals surface area contributed by atoms with Crippen molar-refractivity contribution in [1.29, 1.82) is 0 Å². The first-order chi connectivity index (χ1) is 9.35. The summed E-state index contributed by atoms with van der Waals surface area (Å²) in [4.78, 5) is 22.6. The van der Waals surface area contributed by atoms with Crippen molar-refractivity contribution in [3.05, 3.63) is 0 Å². The Labute approximate surface area is 119 Å². The van der Waals surface area contributed by atoms with Gasteiger partial charge in [-0.15, -0.1) is 0 Å². The lowest BCUT2D eigenvalue weighted by molar-refractivity contribution is 0.0528. The first kappa shape index (κ1) is 18.5. The van der Waals surface area contributed by atoms with Gasteiger partial charge in [0.25, 0.3) is 0 Å². The molecule has 0 aliphatic heterocycles. The molecular weight excluding hydrogens is 266 g/mol. The number of aliphatic hydroxyl groups is 1. The Morgan fingerprint density at radius 2 is 1.60 bits per heavy atom. The van der Waals surface area contributed by atoms with Gasteiger partial charge in [0.05, 0.1) is 19.8 Å². The minimum Gasteiger partial charge on any atom is -0.444 e. The van der Waals surface area contributed by atoms with Crippen LogP contribution in [0.4, 0.5) is 9.59 Å². The predicted octanol–water partition coefficient (Wildman–Crippen LogP) is -0.181. The fraction of sp³-hybridized carbons (Fsp3) is 0.833. The highest BCUT2D eigenvalue weighted by Gasteiger charge is 2.15. The Morgan fingerprint density at radius 1 is 1.00 bits per heavy atom. The van der Waals surface area contributed by atoms with Gasteiger partial charge in [0.15, 0.2) is 0 Å². The summed E-state index contributed by atoms with van der Waals surface area (Å²) < 4.78 is 10.0. The zero-order valence-corrected chi connectivity index (χ0v) is 12.3. The Kier molecular flexibility index (Phi) is 9.48. The molecule has 0 radical (unpaired) electrons. The van der Waals surface area contributed by atoms with Crippen LogP contribution < -0.4 is 16.0 Å². The van der Waals surface area contributed by atoms with Crippen LogP contribution >= 0.6 is 0 Å². The predicted molar refractivity (Wildman–Crippen MR) is 73.5 cm³/mol. The highest BCUT2D eigenvalue weighted by Crippen LogP contribution is 2.05. The number of hydrogen-bond donors (Lipinski definition) is 4. The summed E-state index contributed by atoms with van der Waals surface area (Å²) >= 11 is 0. The molecule has 0 aliphatic carbocycles. The lowest BCUT2D eigenvalue weighted by Crippen LogP contribution is -2.42. The number of alkyl carbamates (subject to hydrolysis) is 1. The van der Waals surface area contributed by atoms with Crippen LogP contribution in [-0.4, -0.2) is 62.3 Å². The van der Waals surface area contributed by atoms with E-state index in [0.717, 1.165) is 0 Å². The summed E-state index contributed by atoms with van der Waals surface area (Å²) in [5.41, 5.74) is -0.538. The molecular formula is C12H25N3O5. The summed E-state index contributed by atoms with van der Waals surface area (Å²) in [7, 11) is 0.